The van der Waals surface area contributed by atoms with Crippen LogP contribution in [0, 0.1) is 0 Å². The van der Waals surface area contributed by atoms with Crippen LogP contribution >= 0.6 is 15.9 Å². The van der Waals surface area contributed by atoms with Crippen LogP contribution in [-0.2, 0) is 14.8 Å². The highest BCUT2D eigenvalue weighted by Gasteiger charge is 2.20. The number of amides is 1. The number of anilines is 1. The molecule has 1 heterocycles. The zero-order valence-electron chi connectivity index (χ0n) is 11.5. The van der Waals surface area contributed by atoms with E-state index in [1.807, 2.05) is 0 Å². The first-order valence-electron chi connectivity index (χ1n) is 6.72. The van der Waals surface area contributed by atoms with E-state index < -0.39 is 10.0 Å². The zero-order chi connectivity index (χ0) is 15.5. The summed E-state index contributed by atoms with van der Waals surface area (Å²) in [4.78, 5) is 13.7. The fourth-order valence-corrected chi connectivity index (χ4v) is 3.44. The van der Waals surface area contributed by atoms with Gasteiger partial charge in [-0.3, -0.25) is 4.79 Å². The molecule has 1 aromatic rings. The molecular weight excluding hydrogens is 358 g/mol. The molecule has 6 nitrogen and oxygen atoms in total. The summed E-state index contributed by atoms with van der Waals surface area (Å²) in [5.74, 6) is -0.191. The summed E-state index contributed by atoms with van der Waals surface area (Å²) in [5, 5.41) is 0. The Morgan fingerprint density at radius 1 is 1.29 bits per heavy atom. The molecule has 21 heavy (non-hydrogen) atoms. The summed E-state index contributed by atoms with van der Waals surface area (Å²) in [7, 11) is -3.73. The summed E-state index contributed by atoms with van der Waals surface area (Å²) in [6, 6.07) is 4.36. The average Bonchev–Trinajstić information content (AvgIpc) is 2.48. The molecule has 2 rings (SSSR count). The van der Waals surface area contributed by atoms with Gasteiger partial charge in [0.2, 0.25) is 15.9 Å². The maximum absolute atomic E-state index is 12.1. The Morgan fingerprint density at radius 2 is 1.95 bits per heavy atom. The number of nitrogens with zero attached hydrogens (tertiary/aromatic N) is 1. The lowest BCUT2D eigenvalue weighted by molar-refractivity contribution is -0.130. The number of piperidine rings is 1. The number of sulfonamides is 1. The first kappa shape index (κ1) is 16.3. The van der Waals surface area contributed by atoms with Crippen molar-refractivity contribution in [1.29, 1.82) is 0 Å². The molecule has 1 aliphatic rings. The van der Waals surface area contributed by atoms with Crippen LogP contribution in [0.3, 0.4) is 0 Å². The predicted octanol–water partition coefficient (Wildman–Crippen LogP) is 1.32. The summed E-state index contributed by atoms with van der Waals surface area (Å²) in [6.45, 7) is 1.18. The van der Waals surface area contributed by atoms with Gasteiger partial charge in [0, 0.05) is 23.2 Å². The highest BCUT2D eigenvalue weighted by Crippen LogP contribution is 2.22. The normalized spacial score (nSPS) is 16.0. The van der Waals surface area contributed by atoms with Gasteiger partial charge in [-0.25, -0.2) is 13.1 Å². The molecule has 8 heteroatoms. The number of carbonyl (C=O) groups excluding carboxylic acids is 1. The standard InChI is InChI=1S/C13H18BrN3O3S/c14-11-5-4-10(8-12(11)15)21(19,20)16-9-13(18)17-6-2-1-3-7-17/h4-5,8,16H,1-3,6-7,9,15H2. The van der Waals surface area contributed by atoms with Crippen LogP contribution in [0.1, 0.15) is 19.3 Å². The quantitative estimate of drug-likeness (QED) is 0.776. The minimum atomic E-state index is -3.73. The molecule has 0 atom stereocenters. The third-order valence-electron chi connectivity index (χ3n) is 3.40. The Morgan fingerprint density at radius 3 is 2.57 bits per heavy atom. The number of benzene rings is 1. The van der Waals surface area contributed by atoms with Gasteiger partial charge in [0.15, 0.2) is 0 Å². The van der Waals surface area contributed by atoms with Crippen LogP contribution in [0.25, 0.3) is 0 Å². The molecular formula is C13H18BrN3O3S. The highest BCUT2D eigenvalue weighted by molar-refractivity contribution is 9.10. The van der Waals surface area contributed by atoms with E-state index in [0.717, 1.165) is 19.3 Å². The van der Waals surface area contributed by atoms with Crippen molar-refractivity contribution in [2.45, 2.75) is 24.2 Å². The van der Waals surface area contributed by atoms with Crippen LogP contribution in [0.4, 0.5) is 5.69 Å². The Bertz CT molecular complexity index is 628. The largest absolute Gasteiger partial charge is 0.398 e. The second kappa shape index (κ2) is 6.76. The number of hydrogen-bond donors (Lipinski definition) is 2. The molecule has 0 radical (unpaired) electrons. The summed E-state index contributed by atoms with van der Waals surface area (Å²) < 4.78 is 27.2. The summed E-state index contributed by atoms with van der Waals surface area (Å²) in [6.07, 6.45) is 3.07. The molecule has 1 aliphatic heterocycles. The molecule has 1 fully saturated rings. The molecule has 0 spiro atoms. The third kappa shape index (κ3) is 4.18. The smallest absolute Gasteiger partial charge is 0.241 e. The van der Waals surface area contributed by atoms with E-state index in [4.69, 9.17) is 5.73 Å². The Kier molecular flexibility index (Phi) is 5.23. The Labute approximate surface area is 132 Å². The molecule has 1 saturated heterocycles. The predicted molar refractivity (Wildman–Crippen MR) is 84.2 cm³/mol. The van der Waals surface area contributed by atoms with Gasteiger partial charge in [-0.15, -0.1) is 0 Å². The van der Waals surface area contributed by atoms with Gasteiger partial charge in [-0.05, 0) is 53.4 Å². The van der Waals surface area contributed by atoms with Crippen molar-refractivity contribution in [2.75, 3.05) is 25.4 Å². The fraction of sp³-hybridized carbons (Fsp3) is 0.462. The Hall–Kier alpha value is -1.12. The molecule has 1 aromatic carbocycles. The van der Waals surface area contributed by atoms with Gasteiger partial charge < -0.3 is 10.6 Å². The molecule has 0 saturated carbocycles. The van der Waals surface area contributed by atoms with Gasteiger partial charge in [-0.2, -0.15) is 0 Å². The van der Waals surface area contributed by atoms with Crippen molar-refractivity contribution >= 4 is 37.5 Å². The second-order valence-electron chi connectivity index (χ2n) is 4.95. The van der Waals surface area contributed by atoms with Crippen molar-refractivity contribution in [3.05, 3.63) is 22.7 Å². The van der Waals surface area contributed by atoms with Crippen LogP contribution in [-0.4, -0.2) is 38.9 Å². The van der Waals surface area contributed by atoms with Crippen LogP contribution in [0.2, 0.25) is 0 Å². The summed E-state index contributed by atoms with van der Waals surface area (Å²) >= 11 is 3.21. The Balaban J connectivity index is 2.00. The lowest BCUT2D eigenvalue weighted by Crippen LogP contribution is -2.42. The first-order chi connectivity index (χ1) is 9.90. The fourth-order valence-electron chi connectivity index (χ4n) is 2.18. The number of halogens is 1. The van der Waals surface area contributed by atoms with Crippen molar-refractivity contribution < 1.29 is 13.2 Å². The number of nitrogen functional groups attached to an aromatic ring is 1. The molecule has 116 valence electrons. The summed E-state index contributed by atoms with van der Waals surface area (Å²) in [5.41, 5.74) is 6.01. The van der Waals surface area contributed by atoms with Crippen molar-refractivity contribution in [1.82, 2.24) is 9.62 Å². The molecule has 0 aliphatic carbocycles. The first-order valence-corrected chi connectivity index (χ1v) is 9.00. The van der Waals surface area contributed by atoms with Crippen molar-refractivity contribution in [3.63, 3.8) is 0 Å². The molecule has 0 unspecified atom stereocenters. The van der Waals surface area contributed by atoms with E-state index in [2.05, 4.69) is 20.7 Å². The van der Waals surface area contributed by atoms with Gasteiger partial charge in [0.1, 0.15) is 0 Å². The topological polar surface area (TPSA) is 92.5 Å². The zero-order valence-corrected chi connectivity index (χ0v) is 13.9. The minimum absolute atomic E-state index is 0.0506. The number of nitrogens with one attached hydrogen (secondary N) is 1. The van der Waals surface area contributed by atoms with Gasteiger partial charge in [-0.1, -0.05) is 0 Å². The third-order valence-corrected chi connectivity index (χ3v) is 5.52. The van der Waals surface area contributed by atoms with Gasteiger partial charge in [0.25, 0.3) is 0 Å². The lowest BCUT2D eigenvalue weighted by Gasteiger charge is -2.26. The highest BCUT2D eigenvalue weighted by atomic mass is 79.9. The maximum atomic E-state index is 12.1. The van der Waals surface area contributed by atoms with E-state index in [0.29, 0.717) is 23.2 Å². The monoisotopic (exact) mass is 375 g/mol. The van der Waals surface area contributed by atoms with E-state index in [1.54, 1.807) is 11.0 Å². The van der Waals surface area contributed by atoms with Crippen LogP contribution < -0.4 is 10.5 Å². The molecule has 0 aromatic heterocycles. The van der Waals surface area contributed by atoms with E-state index in [1.165, 1.54) is 12.1 Å². The number of likely N-dealkylation sites (tertiary alicyclic amines) is 1. The van der Waals surface area contributed by atoms with E-state index >= 15 is 0 Å². The SMILES string of the molecule is Nc1cc(S(=O)(=O)NCC(=O)N2CCCCC2)ccc1Br. The van der Waals surface area contributed by atoms with E-state index in [-0.39, 0.29) is 17.3 Å². The van der Waals surface area contributed by atoms with Crippen molar-refractivity contribution in [3.8, 4) is 0 Å². The van der Waals surface area contributed by atoms with Crippen molar-refractivity contribution in [2.24, 2.45) is 0 Å². The number of nitrogens with two attached hydrogens (primary N) is 1. The van der Waals surface area contributed by atoms with Gasteiger partial charge >= 0.3 is 0 Å². The number of hydrogen-bond acceptors (Lipinski definition) is 4. The maximum Gasteiger partial charge on any atom is 0.241 e. The second-order valence-corrected chi connectivity index (χ2v) is 7.57. The van der Waals surface area contributed by atoms with Crippen LogP contribution in [0.15, 0.2) is 27.6 Å². The molecule has 1 amide bonds. The van der Waals surface area contributed by atoms with Crippen LogP contribution in [0.5, 0.6) is 0 Å². The molecule has 0 bridgehead atoms. The number of rotatable bonds is 4. The average molecular weight is 376 g/mol. The minimum Gasteiger partial charge on any atom is -0.398 e. The molecule has 3 N–H and O–H groups in total. The lowest BCUT2D eigenvalue weighted by atomic mass is 10.1. The van der Waals surface area contributed by atoms with E-state index in [9.17, 15) is 13.2 Å². The van der Waals surface area contributed by atoms with Gasteiger partial charge in [0.05, 0.1) is 11.4 Å². The number of carbonyl (C=O) groups is 1.